The number of aromatic nitrogens is 4. The molecule has 0 saturated heterocycles. The lowest BCUT2D eigenvalue weighted by Gasteiger charge is -2.16. The molecular weight excluding hydrogens is 457 g/mol. The Kier molecular flexibility index (Phi) is 5.54. The highest BCUT2D eigenvalue weighted by atomic mass is 32.2. The first-order chi connectivity index (χ1) is 16.4. The Morgan fingerprint density at radius 3 is 2.68 bits per heavy atom. The molecule has 0 bridgehead atoms. The maximum atomic E-state index is 14.2. The number of rotatable bonds is 7. The monoisotopic (exact) mass is 479 g/mol. The fourth-order valence-corrected chi connectivity index (χ4v) is 5.42. The highest BCUT2D eigenvalue weighted by Gasteiger charge is 2.26. The maximum absolute atomic E-state index is 14.2. The molecule has 0 aliphatic heterocycles. The number of ether oxygens (including phenoxy) is 1. The van der Waals surface area contributed by atoms with Crippen LogP contribution in [0.3, 0.4) is 0 Å². The van der Waals surface area contributed by atoms with Gasteiger partial charge >= 0.3 is 6.01 Å². The second kappa shape index (κ2) is 8.54. The van der Waals surface area contributed by atoms with Gasteiger partial charge in [0.25, 0.3) is 0 Å². The Morgan fingerprint density at radius 1 is 1.09 bits per heavy atom. The average Bonchev–Trinajstić information content (AvgIpc) is 3.45. The number of benzene rings is 3. The van der Waals surface area contributed by atoms with Gasteiger partial charge in [-0.05, 0) is 49.6 Å². The second-order valence-electron chi connectivity index (χ2n) is 7.85. The van der Waals surface area contributed by atoms with E-state index in [1.165, 1.54) is 6.07 Å². The van der Waals surface area contributed by atoms with Crippen molar-refractivity contribution in [2.75, 3.05) is 0 Å². The molecule has 34 heavy (non-hydrogen) atoms. The standard InChI is InChI=1S/C24H22FN5O3S/c1-3-30-23(27-28-24(30)33-17-9-8-16-12-13-26-21(16)14-17)15(2)29-34(31,32)22-11-10-20(25)18-6-4-5-7-19(18)22/h4-15,26,29H,3H2,1-2H3/t15-/m1/s1. The summed E-state index contributed by atoms with van der Waals surface area (Å²) in [6.45, 7) is 4.03. The number of nitrogens with zero attached hydrogens (tertiary/aromatic N) is 3. The van der Waals surface area contributed by atoms with Crippen molar-refractivity contribution in [1.29, 1.82) is 0 Å². The molecule has 0 amide bonds. The summed E-state index contributed by atoms with van der Waals surface area (Å²) in [5.74, 6) is 0.496. The van der Waals surface area contributed by atoms with E-state index in [2.05, 4.69) is 19.9 Å². The highest BCUT2D eigenvalue weighted by Crippen LogP contribution is 2.28. The van der Waals surface area contributed by atoms with Crippen LogP contribution < -0.4 is 9.46 Å². The summed E-state index contributed by atoms with van der Waals surface area (Å²) in [6.07, 6.45) is 1.85. The SMILES string of the molecule is CCn1c(Oc2ccc3cc[nH]c3c2)nnc1[C@@H](C)NS(=O)(=O)c1ccc(F)c2ccccc12. The van der Waals surface area contributed by atoms with E-state index in [4.69, 9.17) is 4.74 Å². The summed E-state index contributed by atoms with van der Waals surface area (Å²) in [5, 5.41) is 9.92. The van der Waals surface area contributed by atoms with E-state index in [1.807, 2.05) is 37.4 Å². The zero-order valence-electron chi connectivity index (χ0n) is 18.5. The van der Waals surface area contributed by atoms with Gasteiger partial charge in [-0.15, -0.1) is 5.10 Å². The van der Waals surface area contributed by atoms with E-state index in [0.29, 0.717) is 23.5 Å². The van der Waals surface area contributed by atoms with E-state index >= 15 is 0 Å². The fourth-order valence-electron chi connectivity index (χ4n) is 4.01. The first-order valence-electron chi connectivity index (χ1n) is 10.7. The number of fused-ring (bicyclic) bond motifs is 2. The van der Waals surface area contributed by atoms with Crippen LogP contribution in [0.15, 0.2) is 71.8 Å². The molecule has 1 atom stereocenters. The third kappa shape index (κ3) is 3.91. The smallest absolute Gasteiger partial charge is 0.322 e. The number of H-pyrrole nitrogens is 1. The van der Waals surface area contributed by atoms with Crippen LogP contribution in [0, 0.1) is 5.82 Å². The van der Waals surface area contributed by atoms with E-state index in [9.17, 15) is 12.8 Å². The molecule has 0 spiro atoms. The number of hydrogen-bond acceptors (Lipinski definition) is 5. The van der Waals surface area contributed by atoms with Crippen LogP contribution >= 0.6 is 0 Å². The first-order valence-corrected chi connectivity index (χ1v) is 12.2. The molecule has 0 saturated carbocycles. The van der Waals surface area contributed by atoms with Crippen LogP contribution in [-0.4, -0.2) is 28.2 Å². The molecule has 5 rings (SSSR count). The van der Waals surface area contributed by atoms with Gasteiger partial charge < -0.3 is 9.72 Å². The van der Waals surface area contributed by atoms with Gasteiger partial charge in [-0.3, -0.25) is 4.57 Å². The molecule has 2 heterocycles. The third-order valence-corrected chi connectivity index (χ3v) is 7.24. The molecule has 2 aromatic heterocycles. The molecule has 0 fully saturated rings. The zero-order chi connectivity index (χ0) is 23.9. The molecule has 8 nitrogen and oxygen atoms in total. The molecule has 0 aliphatic carbocycles. The van der Waals surface area contributed by atoms with Crippen molar-refractivity contribution in [1.82, 2.24) is 24.5 Å². The van der Waals surface area contributed by atoms with E-state index in [0.717, 1.165) is 17.0 Å². The molecular formula is C24H22FN5O3S. The Morgan fingerprint density at radius 2 is 1.88 bits per heavy atom. The normalized spacial score (nSPS) is 12.9. The third-order valence-electron chi connectivity index (χ3n) is 5.64. The fraction of sp³-hybridized carbons (Fsp3) is 0.167. The van der Waals surface area contributed by atoms with Gasteiger partial charge in [0.2, 0.25) is 10.0 Å². The van der Waals surface area contributed by atoms with Crippen LogP contribution in [0.25, 0.3) is 21.7 Å². The van der Waals surface area contributed by atoms with Crippen LogP contribution in [0.2, 0.25) is 0 Å². The number of sulfonamides is 1. The van der Waals surface area contributed by atoms with Crippen LogP contribution in [0.1, 0.15) is 25.7 Å². The summed E-state index contributed by atoms with van der Waals surface area (Å²) in [7, 11) is -3.99. The lowest BCUT2D eigenvalue weighted by Crippen LogP contribution is -2.29. The van der Waals surface area contributed by atoms with Crippen molar-refractivity contribution in [2.24, 2.45) is 0 Å². The lowest BCUT2D eigenvalue weighted by molar-refractivity contribution is 0.408. The summed E-state index contributed by atoms with van der Waals surface area (Å²) in [4.78, 5) is 3.13. The van der Waals surface area contributed by atoms with Crippen molar-refractivity contribution in [2.45, 2.75) is 31.3 Å². The Labute approximate surface area is 195 Å². The van der Waals surface area contributed by atoms with E-state index < -0.39 is 21.9 Å². The summed E-state index contributed by atoms with van der Waals surface area (Å²) in [5.41, 5.74) is 0.924. The molecule has 0 aliphatic rings. The topological polar surface area (TPSA) is 102 Å². The van der Waals surface area contributed by atoms with Crippen molar-refractivity contribution >= 4 is 31.7 Å². The van der Waals surface area contributed by atoms with Gasteiger partial charge in [-0.2, -0.15) is 0 Å². The van der Waals surface area contributed by atoms with Gasteiger partial charge in [-0.25, -0.2) is 17.5 Å². The molecule has 5 aromatic rings. The summed E-state index contributed by atoms with van der Waals surface area (Å²) < 4.78 is 50.9. The van der Waals surface area contributed by atoms with Gasteiger partial charge in [0.1, 0.15) is 11.6 Å². The van der Waals surface area contributed by atoms with Crippen LogP contribution in [0.4, 0.5) is 4.39 Å². The molecule has 0 unspecified atom stereocenters. The highest BCUT2D eigenvalue weighted by molar-refractivity contribution is 7.89. The largest absolute Gasteiger partial charge is 0.424 e. The zero-order valence-corrected chi connectivity index (χ0v) is 19.3. The lowest BCUT2D eigenvalue weighted by atomic mass is 10.1. The minimum absolute atomic E-state index is 0.00497. The molecule has 0 radical (unpaired) electrons. The van der Waals surface area contributed by atoms with Crippen molar-refractivity contribution in [3.63, 3.8) is 0 Å². The van der Waals surface area contributed by atoms with E-state index in [-0.39, 0.29) is 16.3 Å². The quantitative estimate of drug-likeness (QED) is 0.346. The van der Waals surface area contributed by atoms with Crippen LogP contribution in [0.5, 0.6) is 11.8 Å². The van der Waals surface area contributed by atoms with Gasteiger partial charge in [0.05, 0.1) is 10.9 Å². The molecule has 3 aromatic carbocycles. The number of hydrogen-bond donors (Lipinski definition) is 2. The van der Waals surface area contributed by atoms with Gasteiger partial charge in [0.15, 0.2) is 5.82 Å². The second-order valence-corrected chi connectivity index (χ2v) is 9.53. The first kappa shape index (κ1) is 22.1. The van der Waals surface area contributed by atoms with E-state index in [1.54, 1.807) is 35.8 Å². The van der Waals surface area contributed by atoms with Crippen LogP contribution in [-0.2, 0) is 16.6 Å². The minimum Gasteiger partial charge on any atom is -0.424 e. The van der Waals surface area contributed by atoms with Gasteiger partial charge in [-0.1, -0.05) is 29.4 Å². The number of halogens is 1. The Hall–Kier alpha value is -3.76. The maximum Gasteiger partial charge on any atom is 0.322 e. The van der Waals surface area contributed by atoms with Crippen molar-refractivity contribution < 1.29 is 17.5 Å². The molecule has 2 N–H and O–H groups in total. The number of aromatic amines is 1. The Balaban J connectivity index is 1.43. The van der Waals surface area contributed by atoms with Crippen molar-refractivity contribution in [3.05, 3.63) is 78.5 Å². The summed E-state index contributed by atoms with van der Waals surface area (Å²) >= 11 is 0. The van der Waals surface area contributed by atoms with Crippen molar-refractivity contribution in [3.8, 4) is 11.8 Å². The molecule has 174 valence electrons. The predicted molar refractivity (Wildman–Crippen MR) is 127 cm³/mol. The van der Waals surface area contributed by atoms with Gasteiger partial charge in [0, 0.05) is 35.1 Å². The average molecular weight is 480 g/mol. The predicted octanol–water partition coefficient (Wildman–Crippen LogP) is 4.90. The number of nitrogens with one attached hydrogen (secondary N) is 2. The molecule has 10 heteroatoms. The Bertz CT molecular complexity index is 1610. The minimum atomic E-state index is -3.99. The summed E-state index contributed by atoms with van der Waals surface area (Å²) in [6, 6.07) is 16.0.